The van der Waals surface area contributed by atoms with Crippen molar-refractivity contribution in [2.45, 2.75) is 13.3 Å². The van der Waals surface area contributed by atoms with Gasteiger partial charge < -0.3 is 14.7 Å². The minimum Gasteiger partial charge on any atom is -0.465 e. The average molecular weight is 189 g/mol. The molecule has 0 heterocycles. The van der Waals surface area contributed by atoms with E-state index in [0.29, 0.717) is 0 Å². The van der Waals surface area contributed by atoms with E-state index in [2.05, 4.69) is 4.74 Å². The fourth-order valence-electron chi connectivity index (χ4n) is 0.493. The number of ether oxygens (including phenoxy) is 1. The van der Waals surface area contributed by atoms with Gasteiger partial charge in [0.05, 0.1) is 0 Å². The number of nitrogens with zero attached hydrogens (tertiary/aromatic N) is 1. The minimum absolute atomic E-state index is 0.0858. The van der Waals surface area contributed by atoms with E-state index in [-0.39, 0.29) is 6.42 Å². The van der Waals surface area contributed by atoms with Crippen molar-refractivity contribution < 1.29 is 24.2 Å². The second-order valence-corrected chi connectivity index (χ2v) is 2.34. The number of carbonyl (C=O) groups is 3. The van der Waals surface area contributed by atoms with E-state index < -0.39 is 24.6 Å². The summed E-state index contributed by atoms with van der Waals surface area (Å²) in [6.45, 7) is 1.09. The van der Waals surface area contributed by atoms with Crippen molar-refractivity contribution in [1.82, 2.24) is 4.90 Å². The molecular formula is C7H11NO5. The van der Waals surface area contributed by atoms with Crippen molar-refractivity contribution in [3.05, 3.63) is 0 Å². The first-order valence-corrected chi connectivity index (χ1v) is 3.65. The molecule has 0 spiro atoms. The molecule has 0 rings (SSSR count). The van der Waals surface area contributed by atoms with Crippen LogP contribution in [0.2, 0.25) is 0 Å². The predicted octanol–water partition coefficient (Wildman–Crippen LogP) is 0.0760. The molecule has 0 fully saturated rings. The number of carbonyl (C=O) groups excluding carboxylic acids is 2. The van der Waals surface area contributed by atoms with Gasteiger partial charge in [-0.3, -0.25) is 4.79 Å². The normalized spacial score (nSPS) is 9.08. The van der Waals surface area contributed by atoms with Crippen molar-refractivity contribution >= 4 is 18.0 Å². The van der Waals surface area contributed by atoms with E-state index in [9.17, 15) is 14.4 Å². The zero-order valence-electron chi connectivity index (χ0n) is 7.44. The lowest BCUT2D eigenvalue weighted by atomic mass is 10.5. The third kappa shape index (κ3) is 4.78. The van der Waals surface area contributed by atoms with Gasteiger partial charge in [-0.05, 0) is 0 Å². The largest absolute Gasteiger partial charge is 0.465 e. The lowest BCUT2D eigenvalue weighted by molar-refractivity contribution is -0.159. The predicted molar refractivity (Wildman–Crippen MR) is 42.0 cm³/mol. The third-order valence-electron chi connectivity index (χ3n) is 1.21. The summed E-state index contributed by atoms with van der Waals surface area (Å²) in [7, 11) is 1.21. The molecule has 74 valence electrons. The Morgan fingerprint density at radius 2 is 1.85 bits per heavy atom. The molecule has 0 aromatic carbocycles. The number of hydrogen-bond donors (Lipinski definition) is 1. The van der Waals surface area contributed by atoms with Crippen molar-refractivity contribution in [2.75, 3.05) is 13.6 Å². The highest BCUT2D eigenvalue weighted by atomic mass is 16.6. The number of likely N-dealkylation sites (N-methyl/N-ethyl adjacent to an activating group) is 1. The highest BCUT2D eigenvalue weighted by Crippen LogP contribution is 1.89. The summed E-state index contributed by atoms with van der Waals surface area (Å²) in [5, 5.41) is 8.36. The Hall–Kier alpha value is -1.59. The van der Waals surface area contributed by atoms with Crippen LogP contribution in [0, 0.1) is 0 Å². The molecule has 1 N–H and O–H groups in total. The summed E-state index contributed by atoms with van der Waals surface area (Å²) < 4.78 is 4.24. The van der Waals surface area contributed by atoms with Crippen LogP contribution >= 0.6 is 0 Å². The molecule has 1 amide bonds. The van der Waals surface area contributed by atoms with Crippen LogP contribution in [0.25, 0.3) is 0 Å². The number of rotatable bonds is 3. The first kappa shape index (κ1) is 11.4. The molecule has 0 atom stereocenters. The monoisotopic (exact) mass is 189 g/mol. The Labute approximate surface area is 75.1 Å². The number of carboxylic acid groups (broad SMARTS) is 1. The Bertz CT molecular complexity index is 225. The summed E-state index contributed by atoms with van der Waals surface area (Å²) in [6, 6.07) is 0. The Kier molecular flexibility index (Phi) is 4.50. The summed E-state index contributed by atoms with van der Waals surface area (Å²) in [6.07, 6.45) is -1.16. The molecule has 13 heavy (non-hydrogen) atoms. The summed E-state index contributed by atoms with van der Waals surface area (Å²) in [5.41, 5.74) is 0. The van der Waals surface area contributed by atoms with Crippen LogP contribution in [0.5, 0.6) is 0 Å². The van der Waals surface area contributed by atoms with Gasteiger partial charge >= 0.3 is 18.0 Å². The van der Waals surface area contributed by atoms with E-state index in [1.807, 2.05) is 0 Å². The van der Waals surface area contributed by atoms with Gasteiger partial charge in [0.1, 0.15) is 6.54 Å². The van der Waals surface area contributed by atoms with Crippen molar-refractivity contribution in [1.29, 1.82) is 0 Å². The lowest BCUT2D eigenvalue weighted by Crippen LogP contribution is -2.32. The van der Waals surface area contributed by atoms with Crippen LogP contribution in [0.15, 0.2) is 0 Å². The van der Waals surface area contributed by atoms with Gasteiger partial charge in [0.25, 0.3) is 0 Å². The van der Waals surface area contributed by atoms with Gasteiger partial charge in [-0.25, -0.2) is 9.59 Å². The zero-order chi connectivity index (χ0) is 10.4. The van der Waals surface area contributed by atoms with Crippen LogP contribution in [0.3, 0.4) is 0 Å². The molecule has 6 nitrogen and oxygen atoms in total. The highest BCUT2D eigenvalue weighted by Gasteiger charge is 2.14. The number of esters is 2. The number of amides is 1. The Morgan fingerprint density at radius 1 is 1.31 bits per heavy atom. The fraction of sp³-hybridized carbons (Fsp3) is 0.571. The topological polar surface area (TPSA) is 83.9 Å². The smallest absolute Gasteiger partial charge is 0.407 e. The lowest BCUT2D eigenvalue weighted by Gasteiger charge is -2.10. The molecule has 0 aromatic heterocycles. The van der Waals surface area contributed by atoms with Gasteiger partial charge in [-0.15, -0.1) is 0 Å². The summed E-state index contributed by atoms with van der Waals surface area (Å²) in [4.78, 5) is 32.3. The van der Waals surface area contributed by atoms with Crippen LogP contribution in [0.1, 0.15) is 13.3 Å². The fourth-order valence-corrected chi connectivity index (χ4v) is 0.493. The minimum atomic E-state index is -1.25. The van der Waals surface area contributed by atoms with E-state index >= 15 is 0 Å². The van der Waals surface area contributed by atoms with E-state index in [1.54, 1.807) is 0 Å². The molecule has 0 aliphatic carbocycles. The second kappa shape index (κ2) is 5.13. The SMILES string of the molecule is CCC(=O)OC(=O)CN(C)C(=O)O. The van der Waals surface area contributed by atoms with Crippen LogP contribution in [0.4, 0.5) is 4.79 Å². The molecular weight excluding hydrogens is 178 g/mol. The average Bonchev–Trinajstić information content (AvgIpc) is 2.03. The first-order valence-electron chi connectivity index (χ1n) is 3.65. The van der Waals surface area contributed by atoms with Gasteiger partial charge in [-0.2, -0.15) is 0 Å². The molecule has 0 aliphatic heterocycles. The molecule has 0 saturated heterocycles. The van der Waals surface area contributed by atoms with Crippen LogP contribution in [-0.2, 0) is 14.3 Å². The molecule has 0 radical (unpaired) electrons. The van der Waals surface area contributed by atoms with E-state index in [1.165, 1.54) is 14.0 Å². The third-order valence-corrected chi connectivity index (χ3v) is 1.21. The quantitative estimate of drug-likeness (QED) is 0.502. The molecule has 0 bridgehead atoms. The number of hydrogen-bond acceptors (Lipinski definition) is 4. The highest BCUT2D eigenvalue weighted by molar-refractivity contribution is 5.87. The van der Waals surface area contributed by atoms with Gasteiger partial charge in [0.2, 0.25) is 0 Å². The maximum atomic E-state index is 10.8. The summed E-state index contributed by atoms with van der Waals surface area (Å²) >= 11 is 0. The Balaban J connectivity index is 3.88. The first-order chi connectivity index (χ1) is 5.97. The zero-order valence-corrected chi connectivity index (χ0v) is 7.44. The van der Waals surface area contributed by atoms with Crippen molar-refractivity contribution in [2.24, 2.45) is 0 Å². The second-order valence-electron chi connectivity index (χ2n) is 2.34. The maximum absolute atomic E-state index is 10.8. The molecule has 0 unspecified atom stereocenters. The summed E-state index contributed by atoms with van der Waals surface area (Å²) in [5.74, 6) is -1.53. The van der Waals surface area contributed by atoms with Crippen LogP contribution in [-0.4, -0.2) is 41.6 Å². The Morgan fingerprint density at radius 3 is 2.23 bits per heavy atom. The van der Waals surface area contributed by atoms with E-state index in [0.717, 1.165) is 4.90 Å². The van der Waals surface area contributed by atoms with Gasteiger partial charge in [0, 0.05) is 13.5 Å². The standard InChI is InChI=1S/C7H11NO5/c1-3-5(9)13-6(10)4-8(2)7(11)12/h3-4H2,1-2H3,(H,11,12). The molecule has 0 aromatic rings. The van der Waals surface area contributed by atoms with Crippen molar-refractivity contribution in [3.63, 3.8) is 0 Å². The van der Waals surface area contributed by atoms with E-state index in [4.69, 9.17) is 5.11 Å². The molecule has 6 heteroatoms. The van der Waals surface area contributed by atoms with Gasteiger partial charge in [0.15, 0.2) is 0 Å². The van der Waals surface area contributed by atoms with Crippen LogP contribution < -0.4 is 0 Å². The molecule has 0 saturated carbocycles. The van der Waals surface area contributed by atoms with Crippen molar-refractivity contribution in [3.8, 4) is 0 Å². The van der Waals surface area contributed by atoms with Gasteiger partial charge in [-0.1, -0.05) is 6.92 Å². The molecule has 0 aliphatic rings. The maximum Gasteiger partial charge on any atom is 0.407 e.